The second kappa shape index (κ2) is 6.19. The second-order valence-electron chi connectivity index (χ2n) is 4.18. The van der Waals surface area contributed by atoms with Gasteiger partial charge < -0.3 is 9.47 Å². The summed E-state index contributed by atoms with van der Waals surface area (Å²) in [7, 11) is 1.67. The van der Waals surface area contributed by atoms with Crippen molar-refractivity contribution in [2.75, 3.05) is 26.8 Å². The number of hydrogen-bond acceptors (Lipinski definition) is 4. The second-order valence-corrected chi connectivity index (χ2v) is 5.10. The van der Waals surface area contributed by atoms with Crippen LogP contribution in [0.1, 0.15) is 5.56 Å². The molecular formula is C13H15BrN2O2. The van der Waals surface area contributed by atoms with E-state index in [9.17, 15) is 0 Å². The quantitative estimate of drug-likeness (QED) is 0.858. The minimum absolute atomic E-state index is 0.322. The summed E-state index contributed by atoms with van der Waals surface area (Å²) in [4.78, 5) is 2.21. The van der Waals surface area contributed by atoms with E-state index in [0.29, 0.717) is 13.2 Å². The summed E-state index contributed by atoms with van der Waals surface area (Å²) in [5.41, 5.74) is 1.12. The molecule has 0 saturated carbocycles. The molecule has 2 rings (SSSR count). The summed E-state index contributed by atoms with van der Waals surface area (Å²) >= 11 is 3.46. The van der Waals surface area contributed by atoms with Crippen molar-refractivity contribution in [2.45, 2.75) is 12.6 Å². The van der Waals surface area contributed by atoms with E-state index in [1.165, 1.54) is 0 Å². The zero-order chi connectivity index (χ0) is 13.0. The molecule has 1 saturated heterocycles. The molecule has 0 bridgehead atoms. The van der Waals surface area contributed by atoms with Gasteiger partial charge in [-0.2, -0.15) is 5.26 Å². The molecule has 1 aliphatic rings. The fourth-order valence-corrected chi connectivity index (χ4v) is 2.44. The van der Waals surface area contributed by atoms with Crippen LogP contribution in [0.4, 0.5) is 0 Å². The van der Waals surface area contributed by atoms with Crippen LogP contribution in [-0.2, 0) is 11.3 Å². The van der Waals surface area contributed by atoms with Gasteiger partial charge in [0.05, 0.1) is 19.8 Å². The molecule has 1 atom stereocenters. The van der Waals surface area contributed by atoms with E-state index in [2.05, 4.69) is 33.0 Å². The molecule has 18 heavy (non-hydrogen) atoms. The Hall–Kier alpha value is -1.09. The summed E-state index contributed by atoms with van der Waals surface area (Å²) in [6.45, 7) is 2.86. The SMILES string of the molecule is COc1ccc(Br)cc1CN1CCOC(C#N)C1. The number of benzene rings is 1. The molecule has 0 N–H and O–H groups in total. The average Bonchev–Trinajstić information content (AvgIpc) is 2.39. The Bertz CT molecular complexity index is 459. The van der Waals surface area contributed by atoms with Crippen LogP contribution >= 0.6 is 15.9 Å². The first-order chi connectivity index (χ1) is 8.72. The lowest BCUT2D eigenvalue weighted by Gasteiger charge is -2.30. The summed E-state index contributed by atoms with van der Waals surface area (Å²) in [6, 6.07) is 8.11. The highest BCUT2D eigenvalue weighted by atomic mass is 79.9. The summed E-state index contributed by atoms with van der Waals surface area (Å²) in [5, 5.41) is 8.89. The molecule has 0 radical (unpaired) electrons. The van der Waals surface area contributed by atoms with Crippen LogP contribution in [0.5, 0.6) is 5.75 Å². The lowest BCUT2D eigenvalue weighted by Crippen LogP contribution is -2.41. The van der Waals surface area contributed by atoms with Crippen molar-refractivity contribution < 1.29 is 9.47 Å². The van der Waals surface area contributed by atoms with E-state index < -0.39 is 0 Å². The lowest BCUT2D eigenvalue weighted by molar-refractivity contribution is -0.00291. The highest BCUT2D eigenvalue weighted by Crippen LogP contribution is 2.24. The first-order valence-electron chi connectivity index (χ1n) is 5.79. The predicted molar refractivity (Wildman–Crippen MR) is 71.3 cm³/mol. The first-order valence-corrected chi connectivity index (χ1v) is 6.58. The van der Waals surface area contributed by atoms with Gasteiger partial charge in [-0.15, -0.1) is 0 Å². The monoisotopic (exact) mass is 310 g/mol. The maximum atomic E-state index is 8.89. The number of nitriles is 1. The number of rotatable bonds is 3. The molecule has 1 fully saturated rings. The van der Waals surface area contributed by atoms with Crippen LogP contribution in [-0.4, -0.2) is 37.8 Å². The summed E-state index contributed by atoms with van der Waals surface area (Å²) < 4.78 is 11.7. The van der Waals surface area contributed by atoms with Crippen molar-refractivity contribution in [1.82, 2.24) is 4.90 Å². The van der Waals surface area contributed by atoms with Gasteiger partial charge in [0.25, 0.3) is 0 Å². The van der Waals surface area contributed by atoms with E-state index >= 15 is 0 Å². The third-order valence-corrected chi connectivity index (χ3v) is 3.42. The van der Waals surface area contributed by atoms with Gasteiger partial charge in [-0.05, 0) is 18.2 Å². The molecule has 1 heterocycles. The van der Waals surface area contributed by atoms with Crippen molar-refractivity contribution >= 4 is 15.9 Å². The third-order valence-electron chi connectivity index (χ3n) is 2.93. The van der Waals surface area contributed by atoms with Crippen LogP contribution in [0, 0.1) is 11.3 Å². The number of hydrogen-bond donors (Lipinski definition) is 0. The highest BCUT2D eigenvalue weighted by Gasteiger charge is 2.20. The Morgan fingerprint density at radius 1 is 1.61 bits per heavy atom. The molecule has 1 aromatic carbocycles. The molecule has 5 heteroatoms. The Morgan fingerprint density at radius 3 is 3.17 bits per heavy atom. The topological polar surface area (TPSA) is 45.5 Å². The number of methoxy groups -OCH3 is 1. The standard InChI is InChI=1S/C13H15BrN2O2/c1-17-13-3-2-11(14)6-10(13)8-16-4-5-18-12(7-15)9-16/h2-3,6,12H,4-5,8-9H2,1H3. The molecule has 1 aromatic rings. The van der Waals surface area contributed by atoms with E-state index in [4.69, 9.17) is 14.7 Å². The Labute approximate surface area is 115 Å². The van der Waals surface area contributed by atoms with Crippen molar-refractivity contribution in [3.05, 3.63) is 28.2 Å². The molecule has 1 unspecified atom stereocenters. The van der Waals surface area contributed by atoms with E-state index in [1.807, 2.05) is 12.1 Å². The van der Waals surface area contributed by atoms with Gasteiger partial charge >= 0.3 is 0 Å². The van der Waals surface area contributed by atoms with Crippen LogP contribution in [0.2, 0.25) is 0 Å². The Morgan fingerprint density at radius 2 is 2.44 bits per heavy atom. The van der Waals surface area contributed by atoms with Gasteiger partial charge in [0.1, 0.15) is 5.75 Å². The van der Waals surface area contributed by atoms with E-state index in [1.54, 1.807) is 7.11 Å². The van der Waals surface area contributed by atoms with Gasteiger partial charge in [-0.3, -0.25) is 4.90 Å². The summed E-state index contributed by atoms with van der Waals surface area (Å²) in [6.07, 6.45) is -0.322. The molecule has 4 nitrogen and oxygen atoms in total. The molecule has 0 spiro atoms. The number of morpholine rings is 1. The zero-order valence-electron chi connectivity index (χ0n) is 10.2. The maximum absolute atomic E-state index is 8.89. The Kier molecular flexibility index (Phi) is 4.59. The molecular weight excluding hydrogens is 296 g/mol. The first kappa shape index (κ1) is 13.3. The lowest BCUT2D eigenvalue weighted by atomic mass is 10.1. The zero-order valence-corrected chi connectivity index (χ0v) is 11.8. The van der Waals surface area contributed by atoms with Crippen LogP contribution in [0.3, 0.4) is 0 Å². The number of halogens is 1. The van der Waals surface area contributed by atoms with Crippen LogP contribution in [0.25, 0.3) is 0 Å². The molecule has 1 aliphatic heterocycles. The van der Waals surface area contributed by atoms with Gasteiger partial charge in [-0.1, -0.05) is 15.9 Å². The number of ether oxygens (including phenoxy) is 2. The van der Waals surface area contributed by atoms with Crippen molar-refractivity contribution in [3.8, 4) is 11.8 Å². The fraction of sp³-hybridized carbons (Fsp3) is 0.462. The Balaban J connectivity index is 2.09. The average molecular weight is 311 g/mol. The summed E-state index contributed by atoms with van der Waals surface area (Å²) in [5.74, 6) is 0.873. The normalized spacial score (nSPS) is 20.4. The predicted octanol–water partition coefficient (Wildman–Crippen LogP) is 2.18. The minimum Gasteiger partial charge on any atom is -0.496 e. The highest BCUT2D eigenvalue weighted by molar-refractivity contribution is 9.10. The van der Waals surface area contributed by atoms with Crippen molar-refractivity contribution in [2.24, 2.45) is 0 Å². The molecule has 0 amide bonds. The van der Waals surface area contributed by atoms with Gasteiger partial charge in [0.15, 0.2) is 6.10 Å². The molecule has 0 aliphatic carbocycles. The van der Waals surface area contributed by atoms with Gasteiger partial charge in [0.2, 0.25) is 0 Å². The largest absolute Gasteiger partial charge is 0.496 e. The molecule has 96 valence electrons. The molecule has 0 aromatic heterocycles. The van der Waals surface area contributed by atoms with Crippen LogP contribution in [0.15, 0.2) is 22.7 Å². The van der Waals surface area contributed by atoms with Gasteiger partial charge in [-0.25, -0.2) is 0 Å². The van der Waals surface area contributed by atoms with E-state index in [-0.39, 0.29) is 6.10 Å². The van der Waals surface area contributed by atoms with E-state index in [0.717, 1.165) is 28.9 Å². The third kappa shape index (κ3) is 3.22. The van der Waals surface area contributed by atoms with Crippen molar-refractivity contribution in [3.63, 3.8) is 0 Å². The number of nitrogens with zero attached hydrogens (tertiary/aromatic N) is 2. The minimum atomic E-state index is -0.322. The maximum Gasteiger partial charge on any atom is 0.156 e. The van der Waals surface area contributed by atoms with Crippen molar-refractivity contribution in [1.29, 1.82) is 5.26 Å². The fourth-order valence-electron chi connectivity index (χ4n) is 2.04. The van der Waals surface area contributed by atoms with Crippen LogP contribution < -0.4 is 4.74 Å². The van der Waals surface area contributed by atoms with Gasteiger partial charge in [0, 0.05) is 29.7 Å². The smallest absolute Gasteiger partial charge is 0.156 e.